The molecule has 0 radical (unpaired) electrons. The van der Waals surface area contributed by atoms with Crippen molar-refractivity contribution in [1.82, 2.24) is 25.3 Å². The molecule has 0 bridgehead atoms. The lowest BCUT2D eigenvalue weighted by molar-refractivity contribution is -0.129. The van der Waals surface area contributed by atoms with Gasteiger partial charge in [0.2, 0.25) is 11.8 Å². The lowest BCUT2D eigenvalue weighted by Gasteiger charge is -2.26. The minimum absolute atomic E-state index is 0.0423. The van der Waals surface area contributed by atoms with Crippen LogP contribution in [-0.2, 0) is 35.5 Å². The fourth-order valence-corrected chi connectivity index (χ4v) is 3.40. The van der Waals surface area contributed by atoms with Crippen LogP contribution in [0.2, 0.25) is 0 Å². The highest BCUT2D eigenvalue weighted by molar-refractivity contribution is 5.94. The normalized spacial score (nSPS) is 13.0. The lowest BCUT2D eigenvalue weighted by atomic mass is 10.0. The van der Waals surface area contributed by atoms with Crippen molar-refractivity contribution in [1.29, 1.82) is 0 Å². The highest BCUT2D eigenvalue weighted by Gasteiger charge is 2.28. The van der Waals surface area contributed by atoms with Crippen molar-refractivity contribution in [2.75, 3.05) is 20.1 Å². The quantitative estimate of drug-likeness (QED) is 0.743. The van der Waals surface area contributed by atoms with Crippen LogP contribution >= 0.6 is 0 Å². The molecule has 0 fully saturated rings. The van der Waals surface area contributed by atoms with E-state index in [9.17, 15) is 18.8 Å². The Morgan fingerprint density at radius 1 is 1.21 bits per heavy atom. The molecule has 0 saturated carbocycles. The van der Waals surface area contributed by atoms with E-state index in [1.807, 2.05) is 0 Å². The SMILES string of the molecule is CNC(=O)c1nn(CCNC(=O)Cc2ccc(F)cc2)c2c1CN(C(C)=O)CC2. The van der Waals surface area contributed by atoms with Gasteiger partial charge in [-0.15, -0.1) is 0 Å². The zero-order valence-electron chi connectivity index (χ0n) is 16.5. The van der Waals surface area contributed by atoms with E-state index >= 15 is 0 Å². The van der Waals surface area contributed by atoms with Crippen LogP contribution < -0.4 is 10.6 Å². The third-order valence-corrected chi connectivity index (χ3v) is 4.95. The molecule has 29 heavy (non-hydrogen) atoms. The fraction of sp³-hybridized carbons (Fsp3) is 0.400. The van der Waals surface area contributed by atoms with E-state index < -0.39 is 0 Å². The lowest BCUT2D eigenvalue weighted by Crippen LogP contribution is -2.36. The van der Waals surface area contributed by atoms with Gasteiger partial charge in [-0.1, -0.05) is 12.1 Å². The number of amides is 3. The maximum atomic E-state index is 12.9. The molecule has 0 aliphatic carbocycles. The van der Waals surface area contributed by atoms with E-state index in [1.54, 1.807) is 21.7 Å². The molecule has 9 heteroatoms. The number of rotatable bonds is 6. The molecule has 3 rings (SSSR count). The molecule has 1 aromatic heterocycles. The molecule has 0 atom stereocenters. The molecule has 1 aromatic carbocycles. The van der Waals surface area contributed by atoms with E-state index in [0.717, 1.165) is 16.8 Å². The second kappa shape index (κ2) is 8.85. The third-order valence-electron chi connectivity index (χ3n) is 4.95. The Balaban J connectivity index is 1.65. The topological polar surface area (TPSA) is 96.3 Å². The zero-order chi connectivity index (χ0) is 21.0. The molecule has 3 amide bonds. The molecule has 8 nitrogen and oxygen atoms in total. The Bertz CT molecular complexity index is 923. The Morgan fingerprint density at radius 2 is 1.93 bits per heavy atom. The number of nitrogens with one attached hydrogen (secondary N) is 2. The van der Waals surface area contributed by atoms with Crippen molar-refractivity contribution in [2.45, 2.75) is 32.9 Å². The van der Waals surface area contributed by atoms with Crippen molar-refractivity contribution < 1.29 is 18.8 Å². The monoisotopic (exact) mass is 401 g/mol. The van der Waals surface area contributed by atoms with E-state index in [2.05, 4.69) is 15.7 Å². The van der Waals surface area contributed by atoms with Crippen LogP contribution in [0.4, 0.5) is 4.39 Å². The predicted molar refractivity (Wildman–Crippen MR) is 104 cm³/mol. The number of aromatic nitrogens is 2. The average molecular weight is 401 g/mol. The molecule has 1 aliphatic rings. The number of hydrogen-bond acceptors (Lipinski definition) is 4. The summed E-state index contributed by atoms with van der Waals surface area (Å²) in [6, 6.07) is 5.80. The summed E-state index contributed by atoms with van der Waals surface area (Å²) in [7, 11) is 1.54. The first-order valence-corrected chi connectivity index (χ1v) is 9.46. The van der Waals surface area contributed by atoms with Gasteiger partial charge in [0, 0.05) is 51.3 Å². The van der Waals surface area contributed by atoms with E-state index in [-0.39, 0.29) is 30.0 Å². The van der Waals surface area contributed by atoms with Gasteiger partial charge in [0.1, 0.15) is 5.82 Å². The number of benzene rings is 1. The number of carbonyl (C=O) groups excluding carboxylic acids is 3. The molecule has 1 aliphatic heterocycles. The van der Waals surface area contributed by atoms with Gasteiger partial charge in [-0.25, -0.2) is 4.39 Å². The average Bonchev–Trinajstić information content (AvgIpc) is 3.07. The third kappa shape index (κ3) is 4.79. The summed E-state index contributed by atoms with van der Waals surface area (Å²) in [5.74, 6) is -0.857. The van der Waals surface area contributed by atoms with Crippen molar-refractivity contribution >= 4 is 17.7 Å². The van der Waals surface area contributed by atoms with Gasteiger partial charge in [0.05, 0.1) is 13.0 Å². The summed E-state index contributed by atoms with van der Waals surface area (Å²) in [4.78, 5) is 37.7. The fourth-order valence-electron chi connectivity index (χ4n) is 3.40. The summed E-state index contributed by atoms with van der Waals surface area (Å²) in [6.45, 7) is 3.18. The van der Waals surface area contributed by atoms with Crippen molar-refractivity contribution in [2.24, 2.45) is 0 Å². The van der Waals surface area contributed by atoms with Gasteiger partial charge in [-0.05, 0) is 17.7 Å². The van der Waals surface area contributed by atoms with Crippen LogP contribution in [0.3, 0.4) is 0 Å². The van der Waals surface area contributed by atoms with Gasteiger partial charge in [-0.2, -0.15) is 5.10 Å². The first-order chi connectivity index (χ1) is 13.9. The van der Waals surface area contributed by atoms with E-state index in [4.69, 9.17) is 0 Å². The predicted octanol–water partition coefficient (Wildman–Crippen LogP) is 0.645. The van der Waals surface area contributed by atoms with Gasteiger partial charge in [0.25, 0.3) is 5.91 Å². The second-order valence-corrected chi connectivity index (χ2v) is 6.92. The van der Waals surface area contributed by atoms with Gasteiger partial charge >= 0.3 is 0 Å². The summed E-state index contributed by atoms with van der Waals surface area (Å²) in [6.07, 6.45) is 0.761. The van der Waals surface area contributed by atoms with Gasteiger partial charge in [0.15, 0.2) is 5.69 Å². The van der Waals surface area contributed by atoms with Crippen LogP contribution in [-0.4, -0.2) is 52.5 Å². The maximum absolute atomic E-state index is 12.9. The van der Waals surface area contributed by atoms with Crippen LogP contribution in [0.1, 0.15) is 34.2 Å². The largest absolute Gasteiger partial charge is 0.354 e. The molecular formula is C20H24FN5O3. The molecule has 2 N–H and O–H groups in total. The highest BCUT2D eigenvalue weighted by atomic mass is 19.1. The number of nitrogens with zero attached hydrogens (tertiary/aromatic N) is 3. The summed E-state index contributed by atoms with van der Waals surface area (Å²) < 4.78 is 14.7. The van der Waals surface area contributed by atoms with Crippen molar-refractivity contribution in [3.8, 4) is 0 Å². The molecule has 0 spiro atoms. The zero-order valence-corrected chi connectivity index (χ0v) is 16.5. The molecule has 0 unspecified atom stereocenters. The van der Waals surface area contributed by atoms with E-state index in [0.29, 0.717) is 38.3 Å². The second-order valence-electron chi connectivity index (χ2n) is 6.92. The van der Waals surface area contributed by atoms with Crippen molar-refractivity contribution in [3.63, 3.8) is 0 Å². The standard InChI is InChI=1S/C20H24FN5O3/c1-13(27)25-9-7-17-16(12-25)19(20(29)22-2)24-26(17)10-8-23-18(28)11-14-3-5-15(21)6-4-14/h3-6H,7-12H2,1-2H3,(H,22,29)(H,23,28). The van der Waals surface area contributed by atoms with Gasteiger partial charge in [-0.3, -0.25) is 19.1 Å². The van der Waals surface area contributed by atoms with Crippen LogP contribution in [0.15, 0.2) is 24.3 Å². The summed E-state index contributed by atoms with van der Waals surface area (Å²) >= 11 is 0. The first kappa shape index (κ1) is 20.5. The number of carbonyl (C=O) groups is 3. The molecular weight excluding hydrogens is 377 g/mol. The van der Waals surface area contributed by atoms with Crippen molar-refractivity contribution in [3.05, 3.63) is 52.6 Å². The summed E-state index contributed by atoms with van der Waals surface area (Å²) in [5.41, 5.74) is 2.70. The summed E-state index contributed by atoms with van der Waals surface area (Å²) in [5, 5.41) is 9.82. The first-order valence-electron chi connectivity index (χ1n) is 9.46. The number of fused-ring (bicyclic) bond motifs is 1. The number of hydrogen-bond donors (Lipinski definition) is 2. The van der Waals surface area contributed by atoms with Crippen LogP contribution in [0.25, 0.3) is 0 Å². The Kier molecular flexibility index (Phi) is 6.26. The minimum atomic E-state index is -0.340. The molecule has 2 heterocycles. The van der Waals surface area contributed by atoms with Gasteiger partial charge < -0.3 is 15.5 Å². The molecule has 154 valence electrons. The molecule has 0 saturated heterocycles. The van der Waals surface area contributed by atoms with Crippen LogP contribution in [0.5, 0.6) is 0 Å². The Hall–Kier alpha value is -3.23. The highest BCUT2D eigenvalue weighted by Crippen LogP contribution is 2.23. The Labute approximate surface area is 168 Å². The van der Waals surface area contributed by atoms with Crippen LogP contribution in [0, 0.1) is 5.82 Å². The minimum Gasteiger partial charge on any atom is -0.354 e. The smallest absolute Gasteiger partial charge is 0.271 e. The van der Waals surface area contributed by atoms with E-state index in [1.165, 1.54) is 26.1 Å². The Morgan fingerprint density at radius 3 is 2.59 bits per heavy atom. The maximum Gasteiger partial charge on any atom is 0.271 e. The molecule has 2 aromatic rings. The number of halogens is 1.